The molecule has 0 aliphatic rings. The molecule has 0 rings (SSSR count). The van der Waals surface area contributed by atoms with E-state index in [1.165, 1.54) is 6.47 Å². The van der Waals surface area contributed by atoms with E-state index in [-0.39, 0.29) is 6.90 Å². The van der Waals surface area contributed by atoms with Crippen LogP contribution < -0.4 is 0 Å². The number of ether oxygens (including phenoxy) is 1. The number of carbonyl (C=O) groups excluding carboxylic acids is 1. The van der Waals surface area contributed by atoms with Crippen LogP contribution in [0.5, 0.6) is 0 Å². The first kappa shape index (κ1) is 4.62. The number of hydrogen-bond donors (Lipinski definition) is 0. The zero-order chi connectivity index (χ0) is 6.62. The van der Waals surface area contributed by atoms with Crippen LogP contribution in [0.1, 0.15) is 22.1 Å². The summed E-state index contributed by atoms with van der Waals surface area (Å²) in [6, 6.07) is 0. The molecule has 0 unspecified atom stereocenters. The summed E-state index contributed by atoms with van der Waals surface area (Å²) in [5, 5.41) is 0. The predicted molar refractivity (Wildman–Crippen MR) is 26.5 cm³/mol. The normalized spacial score (nSPS) is 12.6. The summed E-state index contributed by atoms with van der Waals surface area (Å²) in [5.74, 6) is 0. The minimum Gasteiger partial charge on any atom is -0.452 e. The van der Waals surface area contributed by atoms with Crippen molar-refractivity contribution in [2.75, 3.05) is 0 Å². The monoisotopic (exact) mass is 102 g/mol. The van der Waals surface area contributed by atoms with Crippen molar-refractivity contribution in [1.29, 1.82) is 0 Å². The van der Waals surface area contributed by atoms with Crippen molar-refractivity contribution in [2.45, 2.75) is 26.3 Å². The molecule has 0 saturated heterocycles. The van der Waals surface area contributed by atoms with Crippen LogP contribution in [0.15, 0.2) is 0 Å². The summed E-state index contributed by atoms with van der Waals surface area (Å²) in [7, 11) is 0. The molecule has 7 heavy (non-hydrogen) atoms. The van der Waals surface area contributed by atoms with Gasteiger partial charge in [-0.15, -0.1) is 0 Å². The smallest absolute Gasteiger partial charge is 0.418 e. The molecule has 0 amide bonds. The van der Waals surface area contributed by atoms with Gasteiger partial charge in [-0.25, -0.2) is 4.79 Å². The van der Waals surface area contributed by atoms with E-state index in [0.29, 0.717) is 0 Å². The fraction of sp³-hybridized carbons (Fsp3) is 0.800. The highest BCUT2D eigenvalue weighted by molar-refractivity contribution is 5.39. The first-order valence-corrected chi connectivity index (χ1v) is 1.97. The van der Waals surface area contributed by atoms with Crippen molar-refractivity contribution < 1.29 is 10.9 Å². The SMILES string of the molecule is [2H]CC(C)(C)O[C]=O. The Balaban J connectivity index is 3.53. The Labute approximate surface area is 44.9 Å². The Morgan fingerprint density at radius 2 is 2.43 bits per heavy atom. The quantitative estimate of drug-likeness (QED) is 0.491. The molecule has 0 atom stereocenters. The molecular weight excluding hydrogens is 92.1 g/mol. The van der Waals surface area contributed by atoms with Crippen molar-refractivity contribution in [3.63, 3.8) is 0 Å². The van der Waals surface area contributed by atoms with Crippen LogP contribution in [0.25, 0.3) is 0 Å². The maximum Gasteiger partial charge on any atom is 0.418 e. The summed E-state index contributed by atoms with van der Waals surface area (Å²) in [6.45, 7) is 4.68. The Morgan fingerprint density at radius 3 is 2.57 bits per heavy atom. The molecule has 2 nitrogen and oxygen atoms in total. The second kappa shape index (κ2) is 1.96. The molecule has 0 spiro atoms. The van der Waals surface area contributed by atoms with Gasteiger partial charge in [0.05, 0.1) is 0 Å². The molecule has 0 N–H and O–H groups in total. The summed E-state index contributed by atoms with van der Waals surface area (Å²) < 4.78 is 11.2. The Hall–Kier alpha value is -0.530. The maximum atomic E-state index is 9.55. The van der Waals surface area contributed by atoms with E-state index < -0.39 is 5.60 Å². The highest BCUT2D eigenvalue weighted by Crippen LogP contribution is 2.02. The van der Waals surface area contributed by atoms with Crippen molar-refractivity contribution in [1.82, 2.24) is 0 Å². The second-order valence-corrected chi connectivity index (χ2v) is 1.95. The minimum atomic E-state index is -0.665. The topological polar surface area (TPSA) is 26.3 Å². The van der Waals surface area contributed by atoms with E-state index in [1.807, 2.05) is 0 Å². The molecule has 0 aromatic heterocycles. The van der Waals surface area contributed by atoms with Gasteiger partial charge in [-0.2, -0.15) is 0 Å². The van der Waals surface area contributed by atoms with Crippen LogP contribution in [0.4, 0.5) is 0 Å². The lowest BCUT2D eigenvalue weighted by atomic mass is 10.2. The third kappa shape index (κ3) is 5.47. The van der Waals surface area contributed by atoms with Gasteiger partial charge in [-0.3, -0.25) is 0 Å². The molecular formula is C5H9O2. The van der Waals surface area contributed by atoms with Crippen LogP contribution in [0, 0.1) is 0 Å². The average Bonchev–Trinajstić information content (AvgIpc) is 1.67. The number of rotatable bonds is 1. The van der Waals surface area contributed by atoms with Gasteiger partial charge in [0.2, 0.25) is 0 Å². The molecule has 0 aliphatic carbocycles. The molecule has 41 valence electrons. The van der Waals surface area contributed by atoms with Gasteiger partial charge in [-0.1, -0.05) is 0 Å². The van der Waals surface area contributed by atoms with E-state index >= 15 is 0 Å². The molecule has 0 fully saturated rings. The average molecular weight is 102 g/mol. The van der Waals surface area contributed by atoms with Crippen molar-refractivity contribution in [3.05, 3.63) is 0 Å². The molecule has 0 bridgehead atoms. The summed E-state index contributed by atoms with van der Waals surface area (Å²) in [5.41, 5.74) is -0.665. The fourth-order valence-electron chi connectivity index (χ4n) is 0.113. The first-order valence-electron chi connectivity index (χ1n) is 2.67. The van der Waals surface area contributed by atoms with Crippen LogP contribution in [0.3, 0.4) is 0 Å². The molecule has 0 aromatic carbocycles. The van der Waals surface area contributed by atoms with Gasteiger partial charge in [-0.05, 0) is 20.7 Å². The summed E-state index contributed by atoms with van der Waals surface area (Å²) >= 11 is 0. The van der Waals surface area contributed by atoms with E-state index in [1.54, 1.807) is 13.8 Å². The van der Waals surface area contributed by atoms with Gasteiger partial charge in [0.15, 0.2) is 0 Å². The van der Waals surface area contributed by atoms with E-state index in [0.717, 1.165) is 0 Å². The largest absolute Gasteiger partial charge is 0.452 e. The molecule has 0 aliphatic heterocycles. The van der Waals surface area contributed by atoms with E-state index in [9.17, 15) is 4.79 Å². The van der Waals surface area contributed by atoms with Crippen molar-refractivity contribution in [2.24, 2.45) is 0 Å². The van der Waals surface area contributed by atoms with E-state index in [2.05, 4.69) is 4.74 Å². The zero-order valence-corrected chi connectivity index (χ0v) is 4.52. The predicted octanol–water partition coefficient (Wildman–Crippen LogP) is 0.869. The van der Waals surface area contributed by atoms with Crippen LogP contribution in [-0.2, 0) is 9.53 Å². The molecule has 1 radical (unpaired) electrons. The Morgan fingerprint density at radius 1 is 1.86 bits per heavy atom. The minimum absolute atomic E-state index is 0.0717. The maximum absolute atomic E-state index is 9.55. The Kier molecular flexibility index (Phi) is 1.29. The lowest BCUT2D eigenvalue weighted by Gasteiger charge is -2.13. The second-order valence-electron chi connectivity index (χ2n) is 1.95. The summed E-state index contributed by atoms with van der Waals surface area (Å²) in [6.07, 6.45) is 0. The lowest BCUT2D eigenvalue weighted by molar-refractivity contribution is 0.109. The molecule has 0 saturated carbocycles. The third-order valence-corrected chi connectivity index (χ3v) is 0.318. The number of hydrogen-bond acceptors (Lipinski definition) is 2. The van der Waals surface area contributed by atoms with Gasteiger partial charge < -0.3 is 4.74 Å². The molecule has 0 aromatic rings. The molecule has 2 heteroatoms. The Bertz CT molecular complexity index is 80.5. The zero-order valence-electron chi connectivity index (χ0n) is 5.52. The lowest BCUT2D eigenvalue weighted by Crippen LogP contribution is -2.17. The standard InChI is InChI=1S/C5H9O2/c1-5(2,3)7-4-6/h1-3H3/i1D. The first-order chi connectivity index (χ1) is 3.62. The van der Waals surface area contributed by atoms with Crippen LogP contribution in [0.2, 0.25) is 0 Å². The van der Waals surface area contributed by atoms with E-state index in [4.69, 9.17) is 1.37 Å². The van der Waals surface area contributed by atoms with Gasteiger partial charge in [0, 0.05) is 1.37 Å². The third-order valence-electron chi connectivity index (χ3n) is 0.318. The molecule has 0 heterocycles. The highest BCUT2D eigenvalue weighted by atomic mass is 16.5. The summed E-state index contributed by atoms with van der Waals surface area (Å²) in [4.78, 5) is 9.55. The van der Waals surface area contributed by atoms with Gasteiger partial charge in [0.25, 0.3) is 0 Å². The van der Waals surface area contributed by atoms with Crippen molar-refractivity contribution >= 4 is 6.47 Å². The van der Waals surface area contributed by atoms with Crippen LogP contribution >= 0.6 is 0 Å². The van der Waals surface area contributed by atoms with Crippen molar-refractivity contribution in [3.8, 4) is 0 Å². The van der Waals surface area contributed by atoms with Gasteiger partial charge >= 0.3 is 6.47 Å². The van der Waals surface area contributed by atoms with Gasteiger partial charge in [0.1, 0.15) is 5.60 Å². The fourth-order valence-corrected chi connectivity index (χ4v) is 0.113. The highest BCUT2D eigenvalue weighted by Gasteiger charge is 2.08. The van der Waals surface area contributed by atoms with Crippen LogP contribution in [-0.4, -0.2) is 12.1 Å².